The number of esters is 1. The van der Waals surface area contributed by atoms with Crippen LogP contribution in [0.3, 0.4) is 0 Å². The van der Waals surface area contributed by atoms with Crippen molar-refractivity contribution >= 4 is 44.9 Å². The Morgan fingerprint density at radius 2 is 1.74 bits per heavy atom. The van der Waals surface area contributed by atoms with Crippen LogP contribution in [0.5, 0.6) is 5.75 Å². The summed E-state index contributed by atoms with van der Waals surface area (Å²) in [7, 11) is -3.99. The third-order valence-electron chi connectivity index (χ3n) is 5.09. The van der Waals surface area contributed by atoms with E-state index in [1.807, 2.05) is 0 Å². The molecule has 1 atom stereocenters. The van der Waals surface area contributed by atoms with E-state index >= 15 is 0 Å². The fourth-order valence-electron chi connectivity index (χ4n) is 3.43. The zero-order chi connectivity index (χ0) is 24.3. The summed E-state index contributed by atoms with van der Waals surface area (Å²) in [4.78, 5) is 24.8. The largest absolute Gasteiger partial charge is 0.476 e. The second-order valence-corrected chi connectivity index (χ2v) is 9.65. The first-order chi connectivity index (χ1) is 16.3. The van der Waals surface area contributed by atoms with E-state index in [0.29, 0.717) is 22.0 Å². The molecule has 1 aliphatic rings. The van der Waals surface area contributed by atoms with E-state index in [9.17, 15) is 18.0 Å². The highest BCUT2D eigenvalue weighted by Gasteiger charge is 2.37. The van der Waals surface area contributed by atoms with Crippen molar-refractivity contribution in [2.45, 2.75) is 17.9 Å². The van der Waals surface area contributed by atoms with Gasteiger partial charge in [0.05, 0.1) is 29.3 Å². The summed E-state index contributed by atoms with van der Waals surface area (Å²) in [6.45, 7) is 1.74. The number of halogens is 1. The van der Waals surface area contributed by atoms with Crippen LogP contribution < -0.4 is 14.4 Å². The van der Waals surface area contributed by atoms with E-state index in [4.69, 9.17) is 21.1 Å². The number of nitrogens with zero attached hydrogens (tertiary/aromatic N) is 1. The van der Waals surface area contributed by atoms with Gasteiger partial charge < -0.3 is 14.8 Å². The van der Waals surface area contributed by atoms with Gasteiger partial charge in [-0.1, -0.05) is 23.7 Å². The van der Waals surface area contributed by atoms with Crippen LogP contribution in [0.15, 0.2) is 77.7 Å². The number of sulfonamides is 1. The van der Waals surface area contributed by atoms with Crippen molar-refractivity contribution in [2.75, 3.05) is 22.8 Å². The summed E-state index contributed by atoms with van der Waals surface area (Å²) in [5, 5.41) is 3.11. The van der Waals surface area contributed by atoms with Crippen LogP contribution in [-0.4, -0.2) is 39.5 Å². The van der Waals surface area contributed by atoms with Crippen LogP contribution in [0.25, 0.3) is 0 Å². The molecule has 10 heteroatoms. The molecule has 8 nitrogen and oxygen atoms in total. The number of nitrogens with one attached hydrogen (secondary N) is 1. The fraction of sp³-hybridized carbons (Fsp3) is 0.167. The van der Waals surface area contributed by atoms with Crippen molar-refractivity contribution < 1.29 is 27.5 Å². The number of anilines is 2. The van der Waals surface area contributed by atoms with Gasteiger partial charge in [0.1, 0.15) is 5.75 Å². The normalized spacial score (nSPS) is 15.1. The van der Waals surface area contributed by atoms with Gasteiger partial charge in [0.2, 0.25) is 0 Å². The highest BCUT2D eigenvalue weighted by atomic mass is 35.5. The van der Waals surface area contributed by atoms with Gasteiger partial charge in [-0.3, -0.25) is 9.10 Å². The summed E-state index contributed by atoms with van der Waals surface area (Å²) in [6, 6.07) is 18.6. The zero-order valence-corrected chi connectivity index (χ0v) is 19.7. The Balaban J connectivity index is 1.57. The second kappa shape index (κ2) is 9.74. The van der Waals surface area contributed by atoms with Gasteiger partial charge in [-0.15, -0.1) is 0 Å². The average molecular weight is 501 g/mol. The van der Waals surface area contributed by atoms with Gasteiger partial charge in [0.15, 0.2) is 6.10 Å². The van der Waals surface area contributed by atoms with Gasteiger partial charge in [0.25, 0.3) is 15.9 Å². The molecule has 3 aromatic rings. The molecule has 1 N–H and O–H groups in total. The van der Waals surface area contributed by atoms with Gasteiger partial charge in [-0.2, -0.15) is 0 Å². The molecule has 0 spiro atoms. The smallest absolute Gasteiger partial charge is 0.338 e. The SMILES string of the molecule is CCOC(=O)c1ccc(NC(=O)C2CN(S(=O)(=O)c3ccc(Cl)cc3)c3ccccc3O2)cc1. The Bertz CT molecular complexity index is 1310. The number of ether oxygens (including phenoxy) is 2. The molecule has 34 heavy (non-hydrogen) atoms. The molecule has 0 aliphatic carbocycles. The van der Waals surface area contributed by atoms with Crippen LogP contribution >= 0.6 is 11.6 Å². The maximum absolute atomic E-state index is 13.4. The van der Waals surface area contributed by atoms with Crippen molar-refractivity contribution in [2.24, 2.45) is 0 Å². The molecular weight excluding hydrogens is 480 g/mol. The molecule has 1 aliphatic heterocycles. The van der Waals surface area contributed by atoms with Crippen LogP contribution in [0, 0.1) is 0 Å². The quantitative estimate of drug-likeness (QED) is 0.511. The van der Waals surface area contributed by atoms with Gasteiger partial charge in [0, 0.05) is 10.7 Å². The minimum absolute atomic E-state index is 0.0438. The van der Waals surface area contributed by atoms with Crippen molar-refractivity contribution in [3.8, 4) is 5.75 Å². The molecule has 176 valence electrons. The minimum atomic E-state index is -3.99. The lowest BCUT2D eigenvalue weighted by molar-refractivity contribution is -0.122. The first-order valence-corrected chi connectivity index (χ1v) is 12.2. The Morgan fingerprint density at radius 1 is 1.06 bits per heavy atom. The predicted octanol–water partition coefficient (Wildman–Crippen LogP) is 4.11. The molecule has 0 bridgehead atoms. The van der Waals surface area contributed by atoms with E-state index in [-0.39, 0.29) is 23.8 Å². The molecule has 1 unspecified atom stereocenters. The van der Waals surface area contributed by atoms with Gasteiger partial charge in [-0.25, -0.2) is 13.2 Å². The standard InChI is InChI=1S/C24H21ClN2O6S/c1-2-32-24(29)16-7-11-18(12-8-16)26-23(28)22-15-27(20-5-3-4-6-21(20)33-22)34(30,31)19-13-9-17(25)10-14-19/h3-14,22H,2,15H2,1H3,(H,26,28). The summed E-state index contributed by atoms with van der Waals surface area (Å²) in [5.41, 5.74) is 1.11. The van der Waals surface area contributed by atoms with Gasteiger partial charge in [-0.05, 0) is 67.6 Å². The van der Waals surface area contributed by atoms with Crippen LogP contribution in [0.2, 0.25) is 5.02 Å². The van der Waals surface area contributed by atoms with Crippen LogP contribution in [0.1, 0.15) is 17.3 Å². The molecule has 3 aromatic carbocycles. The number of carbonyl (C=O) groups is 2. The third-order valence-corrected chi connectivity index (χ3v) is 7.14. The lowest BCUT2D eigenvalue weighted by atomic mass is 10.2. The number of benzene rings is 3. The lowest BCUT2D eigenvalue weighted by Gasteiger charge is -2.34. The molecule has 1 amide bonds. The summed E-state index contributed by atoms with van der Waals surface area (Å²) >= 11 is 5.91. The number of rotatable bonds is 6. The fourth-order valence-corrected chi connectivity index (χ4v) is 5.03. The van der Waals surface area contributed by atoms with Crippen LogP contribution in [-0.2, 0) is 19.6 Å². The molecule has 0 radical (unpaired) electrons. The lowest BCUT2D eigenvalue weighted by Crippen LogP contribution is -2.48. The molecule has 4 rings (SSSR count). The summed E-state index contributed by atoms with van der Waals surface area (Å²) in [6.07, 6.45) is -1.11. The minimum Gasteiger partial charge on any atom is -0.476 e. The molecule has 1 heterocycles. The van der Waals surface area contributed by atoms with Crippen molar-refractivity contribution in [3.05, 3.63) is 83.4 Å². The number of amides is 1. The van der Waals surface area contributed by atoms with Crippen molar-refractivity contribution in [1.29, 1.82) is 0 Å². The molecule has 0 aromatic heterocycles. The molecular formula is C24H21ClN2O6S. The third kappa shape index (κ3) is 4.85. The number of para-hydroxylation sites is 2. The average Bonchev–Trinajstić information content (AvgIpc) is 2.84. The zero-order valence-electron chi connectivity index (χ0n) is 18.1. The molecule has 0 saturated carbocycles. The number of fused-ring (bicyclic) bond motifs is 1. The maximum atomic E-state index is 13.4. The number of carbonyl (C=O) groups excluding carboxylic acids is 2. The summed E-state index contributed by atoms with van der Waals surface area (Å²) < 4.78 is 38.7. The second-order valence-electron chi connectivity index (χ2n) is 7.35. The first kappa shape index (κ1) is 23.6. The topological polar surface area (TPSA) is 102 Å². The Labute approximate surface area is 202 Å². The van der Waals surface area contributed by atoms with Crippen molar-refractivity contribution in [3.63, 3.8) is 0 Å². The Kier molecular flexibility index (Phi) is 6.76. The number of hydrogen-bond acceptors (Lipinski definition) is 6. The van der Waals surface area contributed by atoms with E-state index in [1.54, 1.807) is 43.3 Å². The molecule has 0 fully saturated rings. The highest BCUT2D eigenvalue weighted by Crippen LogP contribution is 2.37. The number of hydrogen-bond donors (Lipinski definition) is 1. The highest BCUT2D eigenvalue weighted by molar-refractivity contribution is 7.92. The van der Waals surface area contributed by atoms with Gasteiger partial charge >= 0.3 is 5.97 Å². The van der Waals surface area contributed by atoms with E-state index in [1.165, 1.54) is 36.4 Å². The monoisotopic (exact) mass is 500 g/mol. The van der Waals surface area contributed by atoms with Crippen LogP contribution in [0.4, 0.5) is 11.4 Å². The van der Waals surface area contributed by atoms with E-state index in [0.717, 1.165) is 4.31 Å². The van der Waals surface area contributed by atoms with E-state index in [2.05, 4.69) is 5.32 Å². The van der Waals surface area contributed by atoms with Crippen molar-refractivity contribution in [1.82, 2.24) is 0 Å². The Morgan fingerprint density at radius 3 is 2.41 bits per heavy atom. The van der Waals surface area contributed by atoms with E-state index < -0.39 is 28.0 Å². The Hall–Kier alpha value is -3.56. The summed E-state index contributed by atoms with van der Waals surface area (Å²) in [5.74, 6) is -0.727. The predicted molar refractivity (Wildman–Crippen MR) is 128 cm³/mol. The molecule has 0 saturated heterocycles. The maximum Gasteiger partial charge on any atom is 0.338 e. The first-order valence-electron chi connectivity index (χ1n) is 10.4.